The number of amides is 1. The van der Waals surface area contributed by atoms with E-state index in [9.17, 15) is 18.0 Å². The van der Waals surface area contributed by atoms with Crippen LogP contribution in [0.4, 0.5) is 0 Å². The van der Waals surface area contributed by atoms with Gasteiger partial charge in [-0.05, 0) is 12.5 Å². The number of aromatic nitrogens is 2. The molecule has 0 spiro atoms. The number of aryl methyl sites for hydroxylation is 1. The van der Waals surface area contributed by atoms with Crippen LogP contribution < -0.4 is 0 Å². The van der Waals surface area contributed by atoms with Crippen molar-refractivity contribution < 1.29 is 23.1 Å². The van der Waals surface area contributed by atoms with Gasteiger partial charge in [0.15, 0.2) is 9.84 Å². The predicted octanol–water partition coefficient (Wildman–Crippen LogP) is -0.866. The van der Waals surface area contributed by atoms with Gasteiger partial charge in [0.25, 0.3) is 5.91 Å². The monoisotopic (exact) mass is 301 g/mol. The average Bonchev–Trinajstić information content (AvgIpc) is 2.91. The first-order valence-electron chi connectivity index (χ1n) is 6.01. The molecule has 1 aliphatic rings. The van der Waals surface area contributed by atoms with E-state index in [2.05, 4.69) is 5.10 Å². The van der Waals surface area contributed by atoms with Crippen molar-refractivity contribution in [2.75, 3.05) is 18.1 Å². The Morgan fingerprint density at radius 1 is 1.55 bits per heavy atom. The maximum absolute atomic E-state index is 12.3. The first kappa shape index (κ1) is 14.5. The molecule has 1 N–H and O–H groups in total. The van der Waals surface area contributed by atoms with Crippen LogP contribution in [0.5, 0.6) is 0 Å². The Kier molecular flexibility index (Phi) is 3.80. The molecular formula is C11H15N3O5S. The Morgan fingerprint density at radius 3 is 2.70 bits per heavy atom. The molecule has 0 aromatic carbocycles. The van der Waals surface area contributed by atoms with Gasteiger partial charge in [-0.1, -0.05) is 0 Å². The molecular weight excluding hydrogens is 286 g/mol. The Morgan fingerprint density at radius 2 is 2.25 bits per heavy atom. The maximum Gasteiger partial charge on any atom is 0.323 e. The summed E-state index contributed by atoms with van der Waals surface area (Å²) in [5.74, 6) is -1.96. The quantitative estimate of drug-likeness (QED) is 0.774. The van der Waals surface area contributed by atoms with E-state index in [0.717, 1.165) is 4.90 Å². The van der Waals surface area contributed by atoms with E-state index in [4.69, 9.17) is 5.11 Å². The number of carbonyl (C=O) groups excluding carboxylic acids is 1. The Balaban J connectivity index is 2.24. The largest absolute Gasteiger partial charge is 0.480 e. The van der Waals surface area contributed by atoms with Gasteiger partial charge < -0.3 is 10.0 Å². The van der Waals surface area contributed by atoms with E-state index in [1.165, 1.54) is 10.7 Å². The molecule has 0 saturated carbocycles. The van der Waals surface area contributed by atoms with Gasteiger partial charge in [0.05, 0.1) is 11.5 Å². The fourth-order valence-corrected chi connectivity index (χ4v) is 3.94. The van der Waals surface area contributed by atoms with E-state index in [1.807, 2.05) is 0 Å². The van der Waals surface area contributed by atoms with Crippen molar-refractivity contribution in [2.24, 2.45) is 7.05 Å². The third kappa shape index (κ3) is 3.16. The lowest BCUT2D eigenvalue weighted by Crippen LogP contribution is -2.44. The number of hydrogen-bond donors (Lipinski definition) is 1. The van der Waals surface area contributed by atoms with Crippen molar-refractivity contribution >= 4 is 21.7 Å². The van der Waals surface area contributed by atoms with Gasteiger partial charge in [-0.3, -0.25) is 14.3 Å². The van der Waals surface area contributed by atoms with Gasteiger partial charge >= 0.3 is 5.97 Å². The maximum atomic E-state index is 12.3. The Labute approximate surface area is 115 Å². The molecule has 1 unspecified atom stereocenters. The molecule has 1 amide bonds. The minimum Gasteiger partial charge on any atom is -0.480 e. The standard InChI is InChI=1S/C11H15N3O5S/c1-13-4-2-9(12-13)11(17)14(6-10(15)16)8-3-5-20(18,19)7-8/h2,4,8H,3,5-7H2,1H3,(H,15,16). The number of rotatable bonds is 4. The number of hydrogen-bond acceptors (Lipinski definition) is 5. The summed E-state index contributed by atoms with van der Waals surface area (Å²) >= 11 is 0. The lowest BCUT2D eigenvalue weighted by Gasteiger charge is -2.25. The molecule has 1 aliphatic heterocycles. The predicted molar refractivity (Wildman–Crippen MR) is 68.9 cm³/mol. The molecule has 9 heteroatoms. The number of aliphatic carboxylic acids is 1. The SMILES string of the molecule is Cn1ccc(C(=O)N(CC(=O)O)C2CCS(=O)(=O)C2)n1. The van der Waals surface area contributed by atoms with Gasteiger partial charge in [-0.15, -0.1) is 0 Å². The van der Waals surface area contributed by atoms with E-state index < -0.39 is 34.3 Å². The third-order valence-electron chi connectivity index (χ3n) is 3.15. The first-order valence-corrected chi connectivity index (χ1v) is 7.83. The van der Waals surface area contributed by atoms with E-state index in [1.54, 1.807) is 13.2 Å². The number of sulfone groups is 1. The van der Waals surface area contributed by atoms with Gasteiger partial charge in [0.2, 0.25) is 0 Å². The van der Waals surface area contributed by atoms with E-state index in [0.29, 0.717) is 0 Å². The van der Waals surface area contributed by atoms with Gasteiger partial charge in [-0.25, -0.2) is 8.42 Å². The average molecular weight is 301 g/mol. The summed E-state index contributed by atoms with van der Waals surface area (Å²) in [6.07, 6.45) is 1.83. The molecule has 0 aliphatic carbocycles. The van der Waals surface area contributed by atoms with Crippen molar-refractivity contribution in [2.45, 2.75) is 12.5 Å². The summed E-state index contributed by atoms with van der Waals surface area (Å²) in [6, 6.07) is 0.867. The fourth-order valence-electron chi connectivity index (χ4n) is 2.21. The molecule has 2 rings (SSSR count). The highest BCUT2D eigenvalue weighted by Gasteiger charge is 2.36. The molecule has 1 aromatic heterocycles. The van der Waals surface area contributed by atoms with E-state index >= 15 is 0 Å². The second-order valence-corrected chi connectivity index (χ2v) is 6.99. The van der Waals surface area contributed by atoms with Crippen molar-refractivity contribution in [1.82, 2.24) is 14.7 Å². The Hall–Kier alpha value is -1.90. The highest BCUT2D eigenvalue weighted by Crippen LogP contribution is 2.19. The molecule has 20 heavy (non-hydrogen) atoms. The van der Waals surface area contributed by atoms with Crippen LogP contribution in [-0.2, 0) is 21.7 Å². The molecule has 0 bridgehead atoms. The molecule has 110 valence electrons. The lowest BCUT2D eigenvalue weighted by molar-refractivity contribution is -0.138. The Bertz CT molecular complexity index is 636. The zero-order chi connectivity index (χ0) is 14.9. The van der Waals surface area contributed by atoms with Gasteiger partial charge in [0.1, 0.15) is 12.2 Å². The fraction of sp³-hybridized carbons (Fsp3) is 0.545. The number of carbonyl (C=O) groups is 2. The minimum atomic E-state index is -3.20. The zero-order valence-electron chi connectivity index (χ0n) is 10.9. The number of carboxylic acids is 1. The topological polar surface area (TPSA) is 110 Å². The van der Waals surface area contributed by atoms with Crippen LogP contribution in [0.2, 0.25) is 0 Å². The van der Waals surface area contributed by atoms with Crippen LogP contribution in [-0.4, -0.2) is 64.2 Å². The summed E-state index contributed by atoms with van der Waals surface area (Å²) in [4.78, 5) is 24.3. The van der Waals surface area contributed by atoms with Crippen molar-refractivity contribution in [1.29, 1.82) is 0 Å². The van der Waals surface area contributed by atoms with Gasteiger partial charge in [-0.2, -0.15) is 5.10 Å². The van der Waals surface area contributed by atoms with Crippen molar-refractivity contribution in [3.8, 4) is 0 Å². The molecule has 0 radical (unpaired) electrons. The highest BCUT2D eigenvalue weighted by molar-refractivity contribution is 7.91. The molecule has 1 saturated heterocycles. The molecule has 2 heterocycles. The summed E-state index contributed by atoms with van der Waals surface area (Å²) in [7, 11) is -1.56. The lowest BCUT2D eigenvalue weighted by atomic mass is 10.2. The second-order valence-electron chi connectivity index (χ2n) is 4.76. The summed E-state index contributed by atoms with van der Waals surface area (Å²) in [5.41, 5.74) is 0.109. The number of carboxylic acid groups (broad SMARTS) is 1. The normalized spacial score (nSPS) is 20.8. The molecule has 1 aromatic rings. The molecule has 1 fully saturated rings. The summed E-state index contributed by atoms with van der Waals surface area (Å²) in [5, 5.41) is 12.8. The summed E-state index contributed by atoms with van der Waals surface area (Å²) in [6.45, 7) is -0.532. The van der Waals surface area contributed by atoms with Gasteiger partial charge in [0, 0.05) is 19.3 Å². The molecule has 1 atom stereocenters. The van der Waals surface area contributed by atoms with Crippen molar-refractivity contribution in [3.63, 3.8) is 0 Å². The first-order chi connectivity index (χ1) is 9.28. The minimum absolute atomic E-state index is 0.0245. The van der Waals surface area contributed by atoms with Crippen LogP contribution in [0.15, 0.2) is 12.3 Å². The van der Waals surface area contributed by atoms with Crippen LogP contribution >= 0.6 is 0 Å². The second kappa shape index (κ2) is 5.23. The number of nitrogens with zero attached hydrogens (tertiary/aromatic N) is 3. The van der Waals surface area contributed by atoms with Crippen LogP contribution in [0.1, 0.15) is 16.9 Å². The zero-order valence-corrected chi connectivity index (χ0v) is 11.7. The summed E-state index contributed by atoms with van der Waals surface area (Å²) < 4.78 is 24.4. The highest BCUT2D eigenvalue weighted by atomic mass is 32.2. The van der Waals surface area contributed by atoms with Crippen LogP contribution in [0, 0.1) is 0 Å². The van der Waals surface area contributed by atoms with Crippen LogP contribution in [0.25, 0.3) is 0 Å². The van der Waals surface area contributed by atoms with Crippen LogP contribution in [0.3, 0.4) is 0 Å². The smallest absolute Gasteiger partial charge is 0.323 e. The van der Waals surface area contributed by atoms with Crippen molar-refractivity contribution in [3.05, 3.63) is 18.0 Å². The molecule has 8 nitrogen and oxygen atoms in total. The third-order valence-corrected chi connectivity index (χ3v) is 4.90. The van der Waals surface area contributed by atoms with E-state index in [-0.39, 0.29) is 23.6 Å².